The number of amides is 1. The molecule has 5 rings (SSSR count). The minimum atomic E-state index is -3.67. The molecule has 2 aromatic rings. The normalized spacial score (nSPS) is 24.9. The number of para-hydroxylation sites is 1. The molecule has 1 aliphatic carbocycles. The first-order valence-electron chi connectivity index (χ1n) is 10.2. The lowest BCUT2D eigenvalue weighted by atomic mass is 9.88. The molecule has 1 N–H and O–H groups in total. The Bertz CT molecular complexity index is 1180. The van der Waals surface area contributed by atoms with Gasteiger partial charge in [-0.3, -0.25) is 14.2 Å². The summed E-state index contributed by atoms with van der Waals surface area (Å²) in [5.41, 5.74) is 0.990. The number of benzene rings is 2. The third kappa shape index (κ3) is 3.40. The number of Topliss-reactive ketones (excluding diaryl/α,β-unsaturated/α-hetero) is 1. The summed E-state index contributed by atoms with van der Waals surface area (Å²) < 4.78 is 36.8. The first-order valence-corrected chi connectivity index (χ1v) is 11.8. The van der Waals surface area contributed by atoms with Crippen molar-refractivity contribution in [2.75, 3.05) is 23.9 Å². The van der Waals surface area contributed by atoms with E-state index in [1.54, 1.807) is 24.3 Å². The number of hydrogen-bond acceptors (Lipinski definition) is 5. The average Bonchev–Trinajstić information content (AvgIpc) is 3.59. The molecule has 2 unspecified atom stereocenters. The zero-order valence-electron chi connectivity index (χ0n) is 16.9. The number of fused-ring (bicyclic) bond motifs is 2. The second-order valence-electron chi connectivity index (χ2n) is 8.01. The molecule has 9 heteroatoms. The van der Waals surface area contributed by atoms with Gasteiger partial charge in [-0.25, -0.2) is 4.39 Å². The number of nitrogens with zero attached hydrogens (tertiary/aromatic N) is 2. The van der Waals surface area contributed by atoms with Crippen molar-refractivity contribution in [3.8, 4) is 0 Å². The number of halogens is 1. The van der Waals surface area contributed by atoms with Gasteiger partial charge in [-0.15, -0.1) is 0 Å². The van der Waals surface area contributed by atoms with E-state index in [0.29, 0.717) is 29.1 Å². The summed E-state index contributed by atoms with van der Waals surface area (Å²) in [6, 6.07) is 10.6. The minimum Gasteiger partial charge on any atom is -0.342 e. The molecular formula is C22H21FN3O4P. The lowest BCUT2D eigenvalue weighted by Crippen LogP contribution is -2.50. The predicted molar refractivity (Wildman–Crippen MR) is 116 cm³/mol. The van der Waals surface area contributed by atoms with Gasteiger partial charge < -0.3 is 14.7 Å². The first kappa shape index (κ1) is 20.1. The third-order valence-corrected chi connectivity index (χ3v) is 7.95. The fourth-order valence-corrected chi connectivity index (χ4v) is 5.67. The second-order valence-corrected chi connectivity index (χ2v) is 10.1. The number of carbonyl (C=O) groups is 2. The highest BCUT2D eigenvalue weighted by Crippen LogP contribution is 2.51. The molecule has 1 saturated carbocycles. The Morgan fingerprint density at radius 1 is 1.23 bits per heavy atom. The Labute approximate surface area is 178 Å². The van der Waals surface area contributed by atoms with Gasteiger partial charge in [0.25, 0.3) is 0 Å². The molecule has 0 aromatic heterocycles. The summed E-state index contributed by atoms with van der Waals surface area (Å²) in [6.45, 7) is 0.428. The summed E-state index contributed by atoms with van der Waals surface area (Å²) in [5, 5.41) is 3.37. The monoisotopic (exact) mass is 441 g/mol. The van der Waals surface area contributed by atoms with Crippen LogP contribution >= 0.6 is 7.52 Å². The van der Waals surface area contributed by atoms with Gasteiger partial charge in [0, 0.05) is 19.2 Å². The number of amidine groups is 1. The van der Waals surface area contributed by atoms with Crippen LogP contribution in [0, 0.1) is 17.7 Å². The van der Waals surface area contributed by atoms with Crippen LogP contribution in [0.3, 0.4) is 0 Å². The van der Waals surface area contributed by atoms with Crippen molar-refractivity contribution < 1.29 is 23.1 Å². The maximum Gasteiger partial charge on any atom is 0.348 e. The van der Waals surface area contributed by atoms with Crippen molar-refractivity contribution in [2.24, 2.45) is 16.6 Å². The fourth-order valence-electron chi connectivity index (χ4n) is 4.13. The van der Waals surface area contributed by atoms with E-state index in [1.807, 2.05) is 0 Å². The fraction of sp³-hybridized carbons (Fsp3) is 0.318. The minimum absolute atomic E-state index is 0.0368. The Hall–Kier alpha value is -2.83. The Kier molecular flexibility index (Phi) is 4.79. The topological polar surface area (TPSA) is 88.1 Å². The van der Waals surface area contributed by atoms with Crippen molar-refractivity contribution in [2.45, 2.75) is 19.3 Å². The van der Waals surface area contributed by atoms with Crippen molar-refractivity contribution in [1.29, 1.82) is 0 Å². The predicted octanol–water partition coefficient (Wildman–Crippen LogP) is 3.76. The number of carbonyl (C=O) groups excluding carboxylic acids is 2. The smallest absolute Gasteiger partial charge is 0.342 e. The van der Waals surface area contributed by atoms with E-state index in [9.17, 15) is 18.5 Å². The van der Waals surface area contributed by atoms with Crippen LogP contribution in [0.5, 0.6) is 0 Å². The lowest BCUT2D eigenvalue weighted by molar-refractivity contribution is -0.119. The quantitative estimate of drug-likeness (QED) is 0.564. The van der Waals surface area contributed by atoms with Crippen LogP contribution in [0.25, 0.3) is 0 Å². The standard InChI is InChI=1S/C22H21FN3O4P/c1-30-31(29)18-5-3-2-4-16(18)24-21(25-31)19-20(27)15-12-14(23)8-9-17(15)26(22(19)28)11-10-13-6-7-13/h2-5,8-9,12-13,19H,6-7,10-11H2,1H3,(H,24,25,29). The summed E-state index contributed by atoms with van der Waals surface area (Å²) in [4.78, 5) is 28.3. The first-order chi connectivity index (χ1) is 14.9. The molecule has 160 valence electrons. The van der Waals surface area contributed by atoms with Gasteiger partial charge in [0.15, 0.2) is 11.7 Å². The van der Waals surface area contributed by atoms with Crippen LogP contribution < -0.4 is 15.5 Å². The highest BCUT2D eigenvalue weighted by molar-refractivity contribution is 7.66. The van der Waals surface area contributed by atoms with Crippen LogP contribution in [0.1, 0.15) is 29.6 Å². The summed E-state index contributed by atoms with van der Waals surface area (Å²) in [6.07, 6.45) is 3.06. The molecule has 2 atom stereocenters. The average molecular weight is 441 g/mol. The molecule has 2 aliphatic heterocycles. The zero-order valence-corrected chi connectivity index (χ0v) is 17.8. The second kappa shape index (κ2) is 7.39. The SMILES string of the molecule is COP1(=O)N=C(C2C(=O)c3cc(F)ccc3N(CCC3CC3)C2=O)Nc2ccccc21. The molecular weight excluding hydrogens is 420 g/mol. The number of ketones is 1. The van der Waals surface area contributed by atoms with Crippen molar-refractivity contribution in [1.82, 2.24) is 0 Å². The maximum absolute atomic E-state index is 14.0. The van der Waals surface area contributed by atoms with Crippen LogP contribution in [0.2, 0.25) is 0 Å². The van der Waals surface area contributed by atoms with E-state index in [-0.39, 0.29) is 11.4 Å². The Morgan fingerprint density at radius 3 is 2.74 bits per heavy atom. The van der Waals surface area contributed by atoms with Crippen molar-refractivity contribution >= 4 is 41.7 Å². The number of anilines is 2. The molecule has 0 saturated heterocycles. The number of rotatable bonds is 5. The highest BCUT2D eigenvalue weighted by atomic mass is 31.2. The van der Waals surface area contributed by atoms with E-state index in [4.69, 9.17) is 4.52 Å². The zero-order chi connectivity index (χ0) is 21.8. The van der Waals surface area contributed by atoms with E-state index >= 15 is 0 Å². The van der Waals surface area contributed by atoms with E-state index in [1.165, 1.54) is 24.1 Å². The molecule has 1 amide bonds. The highest BCUT2D eigenvalue weighted by Gasteiger charge is 2.46. The molecule has 2 heterocycles. The van der Waals surface area contributed by atoms with Gasteiger partial charge in [0.1, 0.15) is 11.7 Å². The number of nitrogens with one attached hydrogen (secondary N) is 1. The van der Waals surface area contributed by atoms with E-state index in [2.05, 4.69) is 10.1 Å². The molecule has 31 heavy (non-hydrogen) atoms. The van der Waals surface area contributed by atoms with Crippen molar-refractivity contribution in [3.63, 3.8) is 0 Å². The molecule has 2 aromatic carbocycles. The maximum atomic E-state index is 14.0. The van der Waals surface area contributed by atoms with E-state index in [0.717, 1.165) is 25.3 Å². The molecule has 3 aliphatic rings. The Balaban J connectivity index is 1.59. The van der Waals surface area contributed by atoms with Gasteiger partial charge in [-0.1, -0.05) is 25.0 Å². The van der Waals surface area contributed by atoms with Gasteiger partial charge >= 0.3 is 7.52 Å². The molecule has 7 nitrogen and oxygen atoms in total. The van der Waals surface area contributed by atoms with Crippen molar-refractivity contribution in [3.05, 3.63) is 53.8 Å². The molecule has 0 bridgehead atoms. The van der Waals surface area contributed by atoms with Gasteiger partial charge in [0.2, 0.25) is 5.91 Å². The van der Waals surface area contributed by atoms with Gasteiger partial charge in [-0.05, 0) is 42.7 Å². The van der Waals surface area contributed by atoms with Crippen LogP contribution in [0.15, 0.2) is 47.2 Å². The van der Waals surface area contributed by atoms with E-state index < -0.39 is 30.9 Å². The van der Waals surface area contributed by atoms with Gasteiger partial charge in [-0.2, -0.15) is 4.76 Å². The summed E-state index contributed by atoms with van der Waals surface area (Å²) in [5.74, 6) is -2.41. The molecule has 0 spiro atoms. The van der Waals surface area contributed by atoms with Gasteiger partial charge in [0.05, 0.1) is 16.7 Å². The third-order valence-electron chi connectivity index (χ3n) is 5.98. The van der Waals surface area contributed by atoms with Crippen LogP contribution in [-0.4, -0.2) is 31.2 Å². The van der Waals surface area contributed by atoms with Crippen LogP contribution in [-0.2, 0) is 13.9 Å². The lowest BCUT2D eigenvalue weighted by Gasteiger charge is -2.35. The summed E-state index contributed by atoms with van der Waals surface area (Å²) >= 11 is 0. The largest absolute Gasteiger partial charge is 0.348 e. The number of hydrogen-bond donors (Lipinski definition) is 1. The molecule has 1 fully saturated rings. The summed E-state index contributed by atoms with van der Waals surface area (Å²) in [7, 11) is -2.39. The Morgan fingerprint density at radius 2 is 2.00 bits per heavy atom. The van der Waals surface area contributed by atoms with Crippen LogP contribution in [0.4, 0.5) is 15.8 Å². The molecule has 0 radical (unpaired) electrons.